The van der Waals surface area contributed by atoms with Gasteiger partial charge in [0.25, 0.3) is 5.95 Å². The van der Waals surface area contributed by atoms with Crippen molar-refractivity contribution in [3.8, 4) is 0 Å². The van der Waals surface area contributed by atoms with Crippen molar-refractivity contribution in [1.82, 2.24) is 10.1 Å². The molecule has 0 radical (unpaired) electrons. The molecule has 1 aliphatic heterocycles. The Hall–Kier alpha value is -1.80. The van der Waals surface area contributed by atoms with E-state index in [4.69, 9.17) is 10.3 Å². The van der Waals surface area contributed by atoms with Crippen LogP contribution >= 0.6 is 0 Å². The maximum absolute atomic E-state index is 13.0. The summed E-state index contributed by atoms with van der Waals surface area (Å²) in [5, 5.41) is 3.70. The van der Waals surface area contributed by atoms with Crippen molar-refractivity contribution >= 4 is 11.9 Å². The maximum Gasteiger partial charge on any atom is 0.394 e. The highest BCUT2D eigenvalue weighted by Crippen LogP contribution is 2.38. The van der Waals surface area contributed by atoms with E-state index in [1.807, 2.05) is 20.8 Å². The van der Waals surface area contributed by atoms with E-state index in [2.05, 4.69) is 10.1 Å². The number of alkyl halides is 3. The second-order valence-electron chi connectivity index (χ2n) is 6.21. The lowest BCUT2D eigenvalue weighted by atomic mass is 9.95. The Morgan fingerprint density at radius 3 is 2.33 bits per heavy atom. The monoisotopic (exact) mass is 306 g/mol. The van der Waals surface area contributed by atoms with Gasteiger partial charge in [0.05, 0.1) is 11.8 Å². The normalized spacial score (nSPS) is 23.6. The Labute approximate surface area is 119 Å². The highest BCUT2D eigenvalue weighted by molar-refractivity contribution is 5.78. The summed E-state index contributed by atoms with van der Waals surface area (Å²) >= 11 is 0. The highest BCUT2D eigenvalue weighted by Gasteiger charge is 2.52. The number of carbonyl (C=O) groups excluding carboxylic acids is 1. The second-order valence-corrected chi connectivity index (χ2v) is 6.21. The van der Waals surface area contributed by atoms with Crippen LogP contribution in [-0.2, 0) is 10.2 Å². The van der Waals surface area contributed by atoms with Crippen LogP contribution in [0.4, 0.5) is 19.1 Å². The molecule has 9 heteroatoms. The van der Waals surface area contributed by atoms with Gasteiger partial charge >= 0.3 is 6.18 Å². The van der Waals surface area contributed by atoms with Crippen LogP contribution in [0, 0.1) is 11.8 Å². The molecule has 0 spiro atoms. The van der Waals surface area contributed by atoms with Gasteiger partial charge in [0.2, 0.25) is 11.8 Å². The second kappa shape index (κ2) is 4.88. The highest BCUT2D eigenvalue weighted by atomic mass is 19.4. The predicted molar refractivity (Wildman–Crippen MR) is 67.4 cm³/mol. The first-order valence-electron chi connectivity index (χ1n) is 6.45. The van der Waals surface area contributed by atoms with Crippen molar-refractivity contribution in [3.63, 3.8) is 0 Å². The largest absolute Gasteiger partial charge is 0.394 e. The third kappa shape index (κ3) is 3.11. The van der Waals surface area contributed by atoms with E-state index in [9.17, 15) is 18.0 Å². The van der Waals surface area contributed by atoms with Crippen LogP contribution in [0.1, 0.15) is 26.7 Å². The molecule has 0 saturated carbocycles. The standard InChI is InChI=1S/C12H17F3N4O2/c1-11(2,3)9-17-10(18-21-9)19-4-6(8(16)20)7(5-19)12(13,14)15/h6-7H,4-5H2,1-3H3,(H2,16,20)/t6-,7-/m0/s1. The molecule has 0 aliphatic carbocycles. The fourth-order valence-electron chi connectivity index (χ4n) is 2.24. The summed E-state index contributed by atoms with van der Waals surface area (Å²) < 4.78 is 43.9. The summed E-state index contributed by atoms with van der Waals surface area (Å²) in [4.78, 5) is 16.6. The summed E-state index contributed by atoms with van der Waals surface area (Å²) in [5.74, 6) is -3.71. The van der Waals surface area contributed by atoms with E-state index in [-0.39, 0.29) is 12.5 Å². The zero-order valence-corrected chi connectivity index (χ0v) is 11.9. The molecule has 21 heavy (non-hydrogen) atoms. The van der Waals surface area contributed by atoms with Crippen LogP contribution in [-0.4, -0.2) is 35.3 Å². The third-order valence-electron chi connectivity index (χ3n) is 3.45. The van der Waals surface area contributed by atoms with E-state index in [0.717, 1.165) is 0 Å². The Balaban J connectivity index is 2.23. The number of anilines is 1. The molecule has 1 amide bonds. The lowest BCUT2D eigenvalue weighted by Gasteiger charge is -2.18. The number of carbonyl (C=O) groups is 1. The minimum atomic E-state index is -4.50. The number of nitrogens with two attached hydrogens (primary N) is 1. The smallest absolute Gasteiger partial charge is 0.369 e. The zero-order valence-electron chi connectivity index (χ0n) is 11.9. The predicted octanol–water partition coefficient (Wildman–Crippen LogP) is 1.47. The molecule has 2 N–H and O–H groups in total. The summed E-state index contributed by atoms with van der Waals surface area (Å²) in [6, 6.07) is 0. The SMILES string of the molecule is CC(C)(C)c1nc(N2C[C@H](C(N)=O)[C@@H](C(F)(F)F)C2)no1. The summed E-state index contributed by atoms with van der Waals surface area (Å²) in [7, 11) is 0. The maximum atomic E-state index is 13.0. The number of nitrogens with zero attached hydrogens (tertiary/aromatic N) is 3. The molecule has 1 aromatic rings. The molecular formula is C12H17F3N4O2. The van der Waals surface area contributed by atoms with Crippen molar-refractivity contribution in [2.45, 2.75) is 32.4 Å². The fraction of sp³-hybridized carbons (Fsp3) is 0.750. The van der Waals surface area contributed by atoms with Gasteiger partial charge < -0.3 is 15.2 Å². The molecule has 1 saturated heterocycles. The molecule has 0 aromatic carbocycles. The Kier molecular flexibility index (Phi) is 3.63. The van der Waals surface area contributed by atoms with E-state index in [1.165, 1.54) is 4.90 Å². The van der Waals surface area contributed by atoms with Crippen molar-refractivity contribution in [1.29, 1.82) is 0 Å². The number of aromatic nitrogens is 2. The van der Waals surface area contributed by atoms with Crippen molar-refractivity contribution in [3.05, 3.63) is 5.89 Å². The molecule has 0 unspecified atom stereocenters. The van der Waals surface area contributed by atoms with Gasteiger partial charge in [-0.3, -0.25) is 4.79 Å². The van der Waals surface area contributed by atoms with Gasteiger partial charge in [-0.25, -0.2) is 0 Å². The molecular weight excluding hydrogens is 289 g/mol. The first kappa shape index (κ1) is 15.6. The van der Waals surface area contributed by atoms with Crippen LogP contribution in [0.5, 0.6) is 0 Å². The molecule has 1 aliphatic rings. The lowest BCUT2D eigenvalue weighted by molar-refractivity contribution is -0.181. The Bertz CT molecular complexity index is 535. The van der Waals surface area contributed by atoms with Crippen LogP contribution in [0.2, 0.25) is 0 Å². The van der Waals surface area contributed by atoms with Crippen LogP contribution < -0.4 is 10.6 Å². The zero-order chi connectivity index (χ0) is 16.0. The molecule has 1 fully saturated rings. The minimum absolute atomic E-state index is 0.0536. The molecule has 6 nitrogen and oxygen atoms in total. The van der Waals surface area contributed by atoms with Gasteiger partial charge in [0, 0.05) is 18.5 Å². The van der Waals surface area contributed by atoms with E-state index in [0.29, 0.717) is 5.89 Å². The van der Waals surface area contributed by atoms with E-state index < -0.39 is 35.9 Å². The van der Waals surface area contributed by atoms with Crippen LogP contribution in [0.3, 0.4) is 0 Å². The van der Waals surface area contributed by atoms with Gasteiger partial charge in [-0.1, -0.05) is 20.8 Å². The molecule has 2 heterocycles. The lowest BCUT2D eigenvalue weighted by Crippen LogP contribution is -2.37. The molecule has 2 atom stereocenters. The van der Waals surface area contributed by atoms with Gasteiger partial charge in [-0.05, 0) is 5.16 Å². The quantitative estimate of drug-likeness (QED) is 0.894. The molecule has 0 bridgehead atoms. The van der Waals surface area contributed by atoms with Gasteiger partial charge in [0.15, 0.2) is 0 Å². The Morgan fingerprint density at radius 1 is 1.33 bits per heavy atom. The van der Waals surface area contributed by atoms with Crippen molar-refractivity contribution in [2.24, 2.45) is 17.6 Å². The van der Waals surface area contributed by atoms with E-state index >= 15 is 0 Å². The first-order chi connectivity index (χ1) is 9.50. The van der Waals surface area contributed by atoms with E-state index in [1.54, 1.807) is 0 Å². The number of halogens is 3. The molecule has 2 rings (SSSR count). The fourth-order valence-corrected chi connectivity index (χ4v) is 2.24. The molecule has 1 aromatic heterocycles. The van der Waals surface area contributed by atoms with Gasteiger partial charge in [-0.15, -0.1) is 0 Å². The molecule has 118 valence electrons. The first-order valence-corrected chi connectivity index (χ1v) is 6.45. The van der Waals surface area contributed by atoms with Crippen LogP contribution in [0.25, 0.3) is 0 Å². The third-order valence-corrected chi connectivity index (χ3v) is 3.45. The number of rotatable bonds is 2. The summed E-state index contributed by atoms with van der Waals surface area (Å²) in [6.07, 6.45) is -4.50. The topological polar surface area (TPSA) is 85.3 Å². The van der Waals surface area contributed by atoms with Crippen molar-refractivity contribution in [2.75, 3.05) is 18.0 Å². The number of amides is 1. The van der Waals surface area contributed by atoms with Crippen molar-refractivity contribution < 1.29 is 22.5 Å². The number of primary amides is 1. The van der Waals surface area contributed by atoms with Crippen LogP contribution in [0.15, 0.2) is 4.52 Å². The number of hydrogen-bond donors (Lipinski definition) is 1. The summed E-state index contributed by atoms with van der Waals surface area (Å²) in [6.45, 7) is 4.97. The number of hydrogen-bond acceptors (Lipinski definition) is 5. The average molecular weight is 306 g/mol. The Morgan fingerprint density at radius 2 is 1.95 bits per heavy atom. The average Bonchev–Trinajstić information content (AvgIpc) is 2.93. The minimum Gasteiger partial charge on any atom is -0.369 e. The van der Waals surface area contributed by atoms with Gasteiger partial charge in [-0.2, -0.15) is 18.2 Å². The summed E-state index contributed by atoms with van der Waals surface area (Å²) in [5.41, 5.74) is 4.66. The van der Waals surface area contributed by atoms with Gasteiger partial charge in [0.1, 0.15) is 0 Å².